The molecule has 2 N–H and O–H groups in total. The predicted molar refractivity (Wildman–Crippen MR) is 64.8 cm³/mol. The summed E-state index contributed by atoms with van der Waals surface area (Å²) in [6.45, 7) is 1.08. The number of phenolic OH excluding ortho intramolecular Hbond substituents is 1. The Balaban J connectivity index is 1.78. The van der Waals surface area contributed by atoms with E-state index in [2.05, 4.69) is 11.4 Å². The van der Waals surface area contributed by atoms with Crippen molar-refractivity contribution in [2.75, 3.05) is 6.54 Å². The summed E-state index contributed by atoms with van der Waals surface area (Å²) in [4.78, 5) is 0. The van der Waals surface area contributed by atoms with Gasteiger partial charge in [0.25, 0.3) is 0 Å². The summed E-state index contributed by atoms with van der Waals surface area (Å²) >= 11 is 0. The molecule has 2 aliphatic carbocycles. The fraction of sp³-hybridized carbons (Fsp3) is 0.571. The van der Waals surface area contributed by atoms with Gasteiger partial charge in [-0.25, -0.2) is 0 Å². The third-order valence-electron chi connectivity index (χ3n) is 3.84. The van der Waals surface area contributed by atoms with Gasteiger partial charge in [0, 0.05) is 12.6 Å². The molecule has 2 aliphatic rings. The highest BCUT2D eigenvalue weighted by molar-refractivity contribution is 5.42. The van der Waals surface area contributed by atoms with E-state index in [9.17, 15) is 5.11 Å². The zero-order valence-corrected chi connectivity index (χ0v) is 9.58. The average molecular weight is 217 g/mol. The lowest BCUT2D eigenvalue weighted by Gasteiger charge is -2.26. The summed E-state index contributed by atoms with van der Waals surface area (Å²) in [5.74, 6) is 1.10. The molecule has 1 saturated carbocycles. The highest BCUT2D eigenvalue weighted by Crippen LogP contribution is 2.36. The van der Waals surface area contributed by atoms with Crippen molar-refractivity contribution in [3.05, 3.63) is 29.3 Å². The van der Waals surface area contributed by atoms with Crippen molar-refractivity contribution in [2.45, 2.75) is 44.1 Å². The average Bonchev–Trinajstić information content (AvgIpc) is 3.11. The maximum atomic E-state index is 9.84. The van der Waals surface area contributed by atoms with Crippen LogP contribution in [-0.2, 0) is 6.42 Å². The molecule has 0 amide bonds. The molecule has 1 aromatic rings. The summed E-state index contributed by atoms with van der Waals surface area (Å²) in [5, 5.41) is 13.4. The largest absolute Gasteiger partial charge is 0.508 e. The molecule has 2 nitrogen and oxygen atoms in total. The van der Waals surface area contributed by atoms with Crippen LogP contribution >= 0.6 is 0 Å². The summed E-state index contributed by atoms with van der Waals surface area (Å²) < 4.78 is 0. The van der Waals surface area contributed by atoms with Gasteiger partial charge in [0.05, 0.1) is 0 Å². The Labute approximate surface area is 96.7 Å². The van der Waals surface area contributed by atoms with E-state index in [1.807, 2.05) is 12.1 Å². The molecule has 0 radical (unpaired) electrons. The van der Waals surface area contributed by atoms with Crippen molar-refractivity contribution in [1.82, 2.24) is 5.32 Å². The highest BCUT2D eigenvalue weighted by atomic mass is 16.3. The minimum Gasteiger partial charge on any atom is -0.508 e. The van der Waals surface area contributed by atoms with Gasteiger partial charge in [-0.3, -0.25) is 0 Å². The molecule has 0 heterocycles. The Morgan fingerprint density at radius 1 is 1.25 bits per heavy atom. The Bertz CT molecular complexity index is 384. The molecule has 1 fully saturated rings. The molecule has 3 rings (SSSR count). The van der Waals surface area contributed by atoms with Crippen molar-refractivity contribution < 1.29 is 5.11 Å². The van der Waals surface area contributed by atoms with Gasteiger partial charge in [0.15, 0.2) is 0 Å². The van der Waals surface area contributed by atoms with Gasteiger partial charge in [-0.1, -0.05) is 12.1 Å². The minimum atomic E-state index is 0.494. The van der Waals surface area contributed by atoms with Crippen LogP contribution in [0.4, 0.5) is 0 Å². The fourth-order valence-electron chi connectivity index (χ4n) is 2.74. The number of benzene rings is 1. The van der Waals surface area contributed by atoms with Crippen LogP contribution in [0.15, 0.2) is 18.2 Å². The van der Waals surface area contributed by atoms with Gasteiger partial charge in [-0.05, 0) is 55.2 Å². The van der Waals surface area contributed by atoms with E-state index < -0.39 is 0 Å². The topological polar surface area (TPSA) is 32.3 Å². The third kappa shape index (κ3) is 1.94. The van der Waals surface area contributed by atoms with Gasteiger partial charge in [-0.15, -0.1) is 0 Å². The van der Waals surface area contributed by atoms with Gasteiger partial charge in [-0.2, -0.15) is 0 Å². The van der Waals surface area contributed by atoms with E-state index >= 15 is 0 Å². The smallest absolute Gasteiger partial charge is 0.119 e. The van der Waals surface area contributed by atoms with E-state index in [0.29, 0.717) is 11.7 Å². The maximum Gasteiger partial charge on any atom is 0.119 e. The Morgan fingerprint density at radius 2 is 2.12 bits per heavy atom. The molecule has 2 heteroatoms. The number of hydrogen-bond donors (Lipinski definition) is 2. The second kappa shape index (κ2) is 4.10. The van der Waals surface area contributed by atoms with Crippen LogP contribution < -0.4 is 5.32 Å². The lowest BCUT2D eigenvalue weighted by Crippen LogP contribution is -2.25. The summed E-state index contributed by atoms with van der Waals surface area (Å²) in [5.41, 5.74) is 2.57. The lowest BCUT2D eigenvalue weighted by atomic mass is 9.82. The van der Waals surface area contributed by atoms with Crippen LogP contribution in [0.1, 0.15) is 42.7 Å². The Morgan fingerprint density at radius 3 is 2.94 bits per heavy atom. The first-order chi connectivity index (χ1) is 7.84. The highest BCUT2D eigenvalue weighted by Gasteiger charge is 2.25. The fourth-order valence-corrected chi connectivity index (χ4v) is 2.74. The molecule has 0 aromatic heterocycles. The van der Waals surface area contributed by atoms with E-state index in [-0.39, 0.29) is 0 Å². The quantitative estimate of drug-likeness (QED) is 0.815. The number of phenols is 1. The molecular formula is C14H19NO. The van der Waals surface area contributed by atoms with Crippen LogP contribution in [0.2, 0.25) is 0 Å². The number of hydrogen-bond acceptors (Lipinski definition) is 2. The number of rotatable bonds is 3. The molecule has 86 valence electrons. The number of nitrogens with one attached hydrogen (secondary N) is 1. The van der Waals surface area contributed by atoms with Crippen LogP contribution in [0.3, 0.4) is 0 Å². The maximum absolute atomic E-state index is 9.84. The first-order valence-corrected chi connectivity index (χ1v) is 6.39. The normalized spacial score (nSPS) is 24.1. The predicted octanol–water partition coefficient (Wildman–Crippen LogP) is 2.56. The molecule has 0 spiro atoms. The van der Waals surface area contributed by atoms with Crippen LogP contribution in [-0.4, -0.2) is 17.7 Å². The molecule has 0 bridgehead atoms. The van der Waals surface area contributed by atoms with Gasteiger partial charge >= 0.3 is 0 Å². The van der Waals surface area contributed by atoms with Crippen LogP contribution in [0.25, 0.3) is 0 Å². The molecule has 0 aliphatic heterocycles. The van der Waals surface area contributed by atoms with Gasteiger partial charge in [0.1, 0.15) is 5.75 Å². The molecule has 16 heavy (non-hydrogen) atoms. The zero-order valence-electron chi connectivity index (χ0n) is 9.58. The molecule has 1 atom stereocenters. The standard InChI is InChI=1S/C14H19NO/c16-14-6-2-4-12-10(3-1-5-13(12)14)9-15-11-7-8-11/h2,4,6,10-11,15-16H,1,3,5,7-9H2. The second-order valence-corrected chi connectivity index (χ2v) is 5.12. The monoisotopic (exact) mass is 217 g/mol. The SMILES string of the molecule is Oc1cccc2c1CCCC2CNC1CC1. The van der Waals surface area contributed by atoms with Crippen molar-refractivity contribution >= 4 is 0 Å². The molecule has 1 unspecified atom stereocenters. The summed E-state index contributed by atoms with van der Waals surface area (Å²) in [6, 6.07) is 6.76. The van der Waals surface area contributed by atoms with Crippen molar-refractivity contribution in [1.29, 1.82) is 0 Å². The van der Waals surface area contributed by atoms with Crippen molar-refractivity contribution in [2.24, 2.45) is 0 Å². The molecular weight excluding hydrogens is 198 g/mol. The van der Waals surface area contributed by atoms with Gasteiger partial charge in [0.2, 0.25) is 0 Å². The van der Waals surface area contributed by atoms with E-state index in [1.165, 1.54) is 36.8 Å². The summed E-state index contributed by atoms with van der Waals surface area (Å²) in [6.07, 6.45) is 6.21. The summed E-state index contributed by atoms with van der Waals surface area (Å²) in [7, 11) is 0. The van der Waals surface area contributed by atoms with E-state index in [0.717, 1.165) is 19.0 Å². The molecule has 0 saturated heterocycles. The lowest BCUT2D eigenvalue weighted by molar-refractivity contribution is 0.448. The Kier molecular flexibility index (Phi) is 2.60. The first kappa shape index (κ1) is 10.2. The zero-order chi connectivity index (χ0) is 11.0. The number of fused-ring (bicyclic) bond motifs is 1. The third-order valence-corrected chi connectivity index (χ3v) is 3.84. The Hall–Kier alpha value is -1.02. The van der Waals surface area contributed by atoms with Crippen LogP contribution in [0.5, 0.6) is 5.75 Å². The van der Waals surface area contributed by atoms with E-state index in [4.69, 9.17) is 0 Å². The first-order valence-electron chi connectivity index (χ1n) is 6.39. The van der Waals surface area contributed by atoms with E-state index in [1.54, 1.807) is 0 Å². The van der Waals surface area contributed by atoms with Crippen molar-refractivity contribution in [3.8, 4) is 5.75 Å². The minimum absolute atomic E-state index is 0.494. The number of aromatic hydroxyl groups is 1. The van der Waals surface area contributed by atoms with Crippen molar-refractivity contribution in [3.63, 3.8) is 0 Å². The van der Waals surface area contributed by atoms with Crippen LogP contribution in [0, 0.1) is 0 Å². The van der Waals surface area contributed by atoms with Gasteiger partial charge < -0.3 is 10.4 Å². The second-order valence-electron chi connectivity index (χ2n) is 5.12. The molecule has 1 aromatic carbocycles.